The highest BCUT2D eigenvalue weighted by Gasteiger charge is 2.39. The number of carbonyl (C=O) groups is 1. The zero-order valence-electron chi connectivity index (χ0n) is 12.5. The second kappa shape index (κ2) is 4.83. The number of amides is 1. The van der Waals surface area contributed by atoms with Gasteiger partial charge in [-0.3, -0.25) is 9.69 Å². The number of anilines is 1. The van der Waals surface area contributed by atoms with Crippen molar-refractivity contribution < 1.29 is 13.2 Å². The zero-order valence-corrected chi connectivity index (χ0v) is 13.3. The van der Waals surface area contributed by atoms with Crippen molar-refractivity contribution in [1.29, 1.82) is 0 Å². The van der Waals surface area contributed by atoms with E-state index in [2.05, 4.69) is 10.5 Å². The molecule has 1 unspecified atom stereocenters. The molecule has 2 aliphatic rings. The van der Waals surface area contributed by atoms with Crippen LogP contribution in [-0.2, 0) is 27.9 Å². The van der Waals surface area contributed by atoms with Crippen LogP contribution in [0.1, 0.15) is 22.7 Å². The Kier molecular flexibility index (Phi) is 3.31. The topological polar surface area (TPSA) is 99.2 Å². The maximum atomic E-state index is 12.6. The van der Waals surface area contributed by atoms with Crippen LogP contribution in [0.5, 0.6) is 0 Å². The van der Waals surface area contributed by atoms with Gasteiger partial charge in [0.1, 0.15) is 0 Å². The summed E-state index contributed by atoms with van der Waals surface area (Å²) in [5.41, 5.74) is 2.29. The first-order chi connectivity index (χ1) is 10.3. The second-order valence-electron chi connectivity index (χ2n) is 5.75. The molecule has 1 aromatic carbocycles. The molecule has 0 aromatic heterocycles. The van der Waals surface area contributed by atoms with Crippen LogP contribution in [0.3, 0.4) is 0 Å². The van der Waals surface area contributed by atoms with Gasteiger partial charge in [-0.2, -0.15) is 0 Å². The third-order valence-corrected chi connectivity index (χ3v) is 5.93. The Labute approximate surface area is 128 Å². The quantitative estimate of drug-likeness (QED) is 0.823. The molecule has 1 atom stereocenters. The molecule has 0 saturated heterocycles. The van der Waals surface area contributed by atoms with E-state index < -0.39 is 22.0 Å². The molecule has 9 heteroatoms. The van der Waals surface area contributed by atoms with Crippen LogP contribution >= 0.6 is 0 Å². The highest BCUT2D eigenvalue weighted by Crippen LogP contribution is 2.43. The molecular formula is C13H16N4O4S. The monoisotopic (exact) mass is 324 g/mol. The van der Waals surface area contributed by atoms with Gasteiger partial charge < -0.3 is 5.32 Å². The van der Waals surface area contributed by atoms with E-state index in [1.165, 1.54) is 20.2 Å². The summed E-state index contributed by atoms with van der Waals surface area (Å²) in [5, 5.41) is 5.50. The first kappa shape index (κ1) is 15.1. The number of fused-ring (bicyclic) bond motifs is 3. The Hall–Kier alpha value is -1.84. The smallest absolute Gasteiger partial charge is 0.257 e. The Morgan fingerprint density at radius 2 is 1.95 bits per heavy atom. The number of hydrogen-bond acceptors (Lipinski definition) is 6. The van der Waals surface area contributed by atoms with Crippen molar-refractivity contribution in [2.45, 2.75) is 24.0 Å². The summed E-state index contributed by atoms with van der Waals surface area (Å²) < 4.78 is 26.3. The standard InChI is InChI=1S/C13H16N4O4S/c1-16(2)22(20,21)10-4-7-11(14-13(18)12(7)15-19)9-6-17(3)5-8(9)10/h4,12H,5-6H2,1-3H3,(H,14,18). The van der Waals surface area contributed by atoms with E-state index in [1.807, 2.05) is 11.9 Å². The van der Waals surface area contributed by atoms with Gasteiger partial charge in [0, 0.05) is 32.7 Å². The minimum Gasteiger partial charge on any atom is -0.323 e. The van der Waals surface area contributed by atoms with Gasteiger partial charge in [-0.05, 0) is 24.2 Å². The summed E-state index contributed by atoms with van der Waals surface area (Å²) in [6.07, 6.45) is 0. The third-order valence-electron chi connectivity index (χ3n) is 4.05. The van der Waals surface area contributed by atoms with E-state index in [9.17, 15) is 18.1 Å². The van der Waals surface area contributed by atoms with E-state index in [0.717, 1.165) is 9.87 Å². The number of hydrogen-bond donors (Lipinski definition) is 1. The van der Waals surface area contributed by atoms with Crippen LogP contribution in [0, 0.1) is 4.91 Å². The summed E-state index contributed by atoms with van der Waals surface area (Å²) in [4.78, 5) is 24.9. The van der Waals surface area contributed by atoms with Crippen LogP contribution in [0.4, 0.5) is 5.69 Å². The van der Waals surface area contributed by atoms with E-state index in [-0.39, 0.29) is 4.90 Å². The molecule has 22 heavy (non-hydrogen) atoms. The number of rotatable bonds is 3. The summed E-state index contributed by atoms with van der Waals surface area (Å²) >= 11 is 0. The Balaban J connectivity index is 2.31. The molecule has 8 nitrogen and oxygen atoms in total. The maximum absolute atomic E-state index is 12.6. The zero-order chi connectivity index (χ0) is 16.2. The lowest BCUT2D eigenvalue weighted by Gasteiger charge is -2.17. The predicted molar refractivity (Wildman–Crippen MR) is 79.7 cm³/mol. The number of sulfonamides is 1. The lowest BCUT2D eigenvalue weighted by Crippen LogP contribution is -2.24. The van der Waals surface area contributed by atoms with E-state index >= 15 is 0 Å². The predicted octanol–water partition coefficient (Wildman–Crippen LogP) is 0.642. The average molecular weight is 324 g/mol. The molecule has 2 aliphatic heterocycles. The normalized spacial score (nSPS) is 20.9. The number of nitrogens with zero attached hydrogens (tertiary/aromatic N) is 3. The fraction of sp³-hybridized carbons (Fsp3) is 0.462. The van der Waals surface area contributed by atoms with E-state index in [0.29, 0.717) is 29.9 Å². The first-order valence-corrected chi connectivity index (χ1v) is 8.14. The van der Waals surface area contributed by atoms with Gasteiger partial charge in [0.2, 0.25) is 10.0 Å². The highest BCUT2D eigenvalue weighted by atomic mass is 32.2. The summed E-state index contributed by atoms with van der Waals surface area (Å²) in [6, 6.07) is 0.217. The van der Waals surface area contributed by atoms with Crippen LogP contribution < -0.4 is 5.32 Å². The van der Waals surface area contributed by atoms with Crippen LogP contribution in [0.15, 0.2) is 16.1 Å². The second-order valence-corrected chi connectivity index (χ2v) is 7.87. The van der Waals surface area contributed by atoms with E-state index in [1.54, 1.807) is 0 Å². The summed E-state index contributed by atoms with van der Waals surface area (Å²) in [6.45, 7) is 0.986. The minimum atomic E-state index is -3.67. The SMILES string of the molecule is CN1Cc2c(S(=O)(=O)N(C)C)cc3c(c2C1)NC(=O)C3N=O. The molecule has 0 saturated carbocycles. The lowest BCUT2D eigenvalue weighted by molar-refractivity contribution is -0.116. The van der Waals surface area contributed by atoms with Gasteiger partial charge in [-0.25, -0.2) is 12.7 Å². The molecule has 0 spiro atoms. The summed E-state index contributed by atoms with van der Waals surface area (Å²) in [7, 11) is 1.10. The van der Waals surface area contributed by atoms with Gasteiger partial charge in [0.25, 0.3) is 5.91 Å². The van der Waals surface area contributed by atoms with Gasteiger partial charge >= 0.3 is 0 Å². The van der Waals surface area contributed by atoms with Crippen LogP contribution in [-0.4, -0.2) is 44.7 Å². The van der Waals surface area contributed by atoms with Crippen molar-refractivity contribution in [2.75, 3.05) is 26.5 Å². The van der Waals surface area contributed by atoms with Gasteiger partial charge in [-0.1, -0.05) is 5.18 Å². The average Bonchev–Trinajstić information content (AvgIpc) is 2.96. The van der Waals surface area contributed by atoms with Crippen molar-refractivity contribution in [3.63, 3.8) is 0 Å². The molecule has 1 aromatic rings. The molecular weight excluding hydrogens is 308 g/mol. The summed E-state index contributed by atoms with van der Waals surface area (Å²) in [5.74, 6) is -0.513. The fourth-order valence-electron chi connectivity index (χ4n) is 2.95. The van der Waals surface area contributed by atoms with Gasteiger partial charge in [0.15, 0.2) is 6.04 Å². The fourth-order valence-corrected chi connectivity index (χ4v) is 4.11. The Morgan fingerprint density at radius 1 is 1.32 bits per heavy atom. The van der Waals surface area contributed by atoms with Crippen molar-refractivity contribution in [1.82, 2.24) is 9.21 Å². The molecule has 1 N–H and O–H groups in total. The maximum Gasteiger partial charge on any atom is 0.257 e. The molecule has 1 amide bonds. The number of nitroso groups, excluding NO2 is 1. The van der Waals surface area contributed by atoms with Crippen LogP contribution in [0.25, 0.3) is 0 Å². The third kappa shape index (κ3) is 1.97. The number of benzene rings is 1. The lowest BCUT2D eigenvalue weighted by atomic mass is 10.0. The first-order valence-electron chi connectivity index (χ1n) is 6.70. The number of nitrogens with one attached hydrogen (secondary N) is 1. The van der Waals surface area contributed by atoms with Gasteiger partial charge in [0.05, 0.1) is 10.6 Å². The van der Waals surface area contributed by atoms with Crippen molar-refractivity contribution in [3.05, 3.63) is 27.7 Å². The Morgan fingerprint density at radius 3 is 2.55 bits per heavy atom. The van der Waals surface area contributed by atoms with Crippen molar-refractivity contribution in [2.24, 2.45) is 5.18 Å². The number of carbonyl (C=O) groups excluding carboxylic acids is 1. The minimum absolute atomic E-state index is 0.140. The van der Waals surface area contributed by atoms with Gasteiger partial charge in [-0.15, -0.1) is 4.91 Å². The molecule has 3 rings (SSSR count). The molecule has 0 fully saturated rings. The molecule has 0 aliphatic carbocycles. The molecule has 0 radical (unpaired) electrons. The van der Waals surface area contributed by atoms with Crippen LogP contribution in [0.2, 0.25) is 0 Å². The molecule has 2 heterocycles. The highest BCUT2D eigenvalue weighted by molar-refractivity contribution is 7.89. The van der Waals surface area contributed by atoms with Crippen molar-refractivity contribution >= 4 is 21.6 Å². The van der Waals surface area contributed by atoms with E-state index in [4.69, 9.17) is 0 Å². The molecule has 118 valence electrons. The molecule has 0 bridgehead atoms. The largest absolute Gasteiger partial charge is 0.323 e. The Bertz CT molecular complexity index is 788. The van der Waals surface area contributed by atoms with Crippen molar-refractivity contribution in [3.8, 4) is 0 Å².